The van der Waals surface area contributed by atoms with Crippen LogP contribution in [0, 0.1) is 5.41 Å². The first kappa shape index (κ1) is 10.9. The van der Waals surface area contributed by atoms with Crippen LogP contribution < -0.4 is 0 Å². The van der Waals surface area contributed by atoms with E-state index < -0.39 is 0 Å². The van der Waals surface area contributed by atoms with Crippen molar-refractivity contribution in [1.82, 2.24) is 4.90 Å². The third-order valence-corrected chi connectivity index (χ3v) is 1.95. The Balaban J connectivity index is 3.86. The molecule has 3 nitrogen and oxygen atoms in total. The number of aliphatic hydroxyl groups is 2. The lowest BCUT2D eigenvalue weighted by atomic mass is 9.92. The monoisotopic (exact) mass is 161 g/mol. The number of hydrogen-bond acceptors (Lipinski definition) is 3. The van der Waals surface area contributed by atoms with Gasteiger partial charge in [-0.05, 0) is 13.6 Å². The molecule has 0 aromatic rings. The average Bonchev–Trinajstić information content (AvgIpc) is 2.04. The van der Waals surface area contributed by atoms with Gasteiger partial charge in [-0.3, -0.25) is 0 Å². The average molecular weight is 161 g/mol. The maximum Gasteiger partial charge on any atom is 0.0519 e. The predicted octanol–water partition coefficient (Wildman–Crippen LogP) is -0.0710. The Morgan fingerprint density at radius 1 is 1.27 bits per heavy atom. The summed E-state index contributed by atoms with van der Waals surface area (Å²) in [4.78, 5) is 2.08. The van der Waals surface area contributed by atoms with Gasteiger partial charge in [0.2, 0.25) is 0 Å². The normalized spacial score (nSPS) is 12.5. The SMILES string of the molecule is CCN(C)CC(C)(CO)CO. The molecule has 11 heavy (non-hydrogen) atoms. The molecule has 2 N–H and O–H groups in total. The third-order valence-electron chi connectivity index (χ3n) is 1.95. The zero-order chi connectivity index (χ0) is 8.91. The third kappa shape index (κ3) is 3.70. The molecule has 0 aromatic heterocycles. The number of rotatable bonds is 5. The molecular weight excluding hydrogens is 142 g/mol. The van der Waals surface area contributed by atoms with E-state index in [0.29, 0.717) is 0 Å². The Labute approximate surface area is 68.6 Å². The lowest BCUT2D eigenvalue weighted by Gasteiger charge is -2.29. The molecule has 3 heteroatoms. The van der Waals surface area contributed by atoms with Gasteiger partial charge in [0, 0.05) is 12.0 Å². The minimum Gasteiger partial charge on any atom is -0.396 e. The van der Waals surface area contributed by atoms with Gasteiger partial charge in [0.1, 0.15) is 0 Å². The van der Waals surface area contributed by atoms with Crippen molar-refractivity contribution in [1.29, 1.82) is 0 Å². The van der Waals surface area contributed by atoms with Crippen LogP contribution in [-0.4, -0.2) is 48.5 Å². The number of hydrogen-bond donors (Lipinski definition) is 2. The van der Waals surface area contributed by atoms with E-state index in [2.05, 4.69) is 11.8 Å². The van der Waals surface area contributed by atoms with Crippen molar-refractivity contribution >= 4 is 0 Å². The van der Waals surface area contributed by atoms with E-state index in [1.165, 1.54) is 0 Å². The molecule has 0 spiro atoms. The van der Waals surface area contributed by atoms with E-state index in [-0.39, 0.29) is 18.6 Å². The molecule has 0 fully saturated rings. The minimum absolute atomic E-state index is 0.0356. The van der Waals surface area contributed by atoms with Crippen molar-refractivity contribution in [2.45, 2.75) is 13.8 Å². The van der Waals surface area contributed by atoms with Gasteiger partial charge in [0.15, 0.2) is 0 Å². The second kappa shape index (κ2) is 4.70. The van der Waals surface area contributed by atoms with E-state index in [0.717, 1.165) is 13.1 Å². The van der Waals surface area contributed by atoms with E-state index in [4.69, 9.17) is 10.2 Å². The molecule has 0 amide bonds. The second-order valence-corrected chi connectivity index (χ2v) is 3.46. The summed E-state index contributed by atoms with van der Waals surface area (Å²) in [6.07, 6.45) is 0. The van der Waals surface area contributed by atoms with Gasteiger partial charge in [0.25, 0.3) is 0 Å². The molecule has 0 rings (SSSR count). The molecule has 0 radical (unpaired) electrons. The number of nitrogens with zero attached hydrogens (tertiary/aromatic N) is 1. The van der Waals surface area contributed by atoms with Crippen LogP contribution in [0.5, 0.6) is 0 Å². The van der Waals surface area contributed by atoms with E-state index in [1.807, 2.05) is 14.0 Å². The summed E-state index contributed by atoms with van der Waals surface area (Å²) in [5.74, 6) is 0. The smallest absolute Gasteiger partial charge is 0.0519 e. The van der Waals surface area contributed by atoms with E-state index >= 15 is 0 Å². The largest absolute Gasteiger partial charge is 0.396 e. The lowest BCUT2D eigenvalue weighted by molar-refractivity contribution is 0.0433. The Morgan fingerprint density at radius 3 is 2.00 bits per heavy atom. The highest BCUT2D eigenvalue weighted by atomic mass is 16.3. The zero-order valence-electron chi connectivity index (χ0n) is 7.67. The van der Waals surface area contributed by atoms with Crippen LogP contribution >= 0.6 is 0 Å². The van der Waals surface area contributed by atoms with Crippen molar-refractivity contribution in [3.63, 3.8) is 0 Å². The molecule has 0 atom stereocenters. The molecule has 0 aliphatic heterocycles. The Hall–Kier alpha value is -0.120. The molecule has 0 aliphatic carbocycles. The van der Waals surface area contributed by atoms with Crippen LogP contribution in [0.3, 0.4) is 0 Å². The highest BCUT2D eigenvalue weighted by molar-refractivity contribution is 4.75. The fourth-order valence-electron chi connectivity index (χ4n) is 0.913. The van der Waals surface area contributed by atoms with Crippen LogP contribution in [0.25, 0.3) is 0 Å². The first-order valence-corrected chi connectivity index (χ1v) is 3.98. The Morgan fingerprint density at radius 2 is 1.73 bits per heavy atom. The molecule has 0 aliphatic rings. The summed E-state index contributed by atoms with van der Waals surface area (Å²) in [5.41, 5.74) is -0.356. The van der Waals surface area contributed by atoms with Gasteiger partial charge >= 0.3 is 0 Å². The van der Waals surface area contributed by atoms with Crippen molar-refractivity contribution in [2.24, 2.45) is 5.41 Å². The van der Waals surface area contributed by atoms with Crippen molar-refractivity contribution in [3.05, 3.63) is 0 Å². The van der Waals surface area contributed by atoms with Crippen LogP contribution in [0.15, 0.2) is 0 Å². The summed E-state index contributed by atoms with van der Waals surface area (Å²) < 4.78 is 0. The standard InChI is InChI=1S/C8H19NO2/c1-4-9(3)5-8(2,6-10)7-11/h10-11H,4-7H2,1-3H3. The van der Waals surface area contributed by atoms with Crippen molar-refractivity contribution in [2.75, 3.05) is 33.4 Å². The highest BCUT2D eigenvalue weighted by Crippen LogP contribution is 2.14. The molecular formula is C8H19NO2. The summed E-state index contributed by atoms with van der Waals surface area (Å²) in [5, 5.41) is 17.9. The Bertz CT molecular complexity index is 102. The van der Waals surface area contributed by atoms with Gasteiger partial charge in [-0.1, -0.05) is 13.8 Å². The maximum atomic E-state index is 8.94. The van der Waals surface area contributed by atoms with Gasteiger partial charge in [-0.15, -0.1) is 0 Å². The van der Waals surface area contributed by atoms with Crippen molar-refractivity contribution in [3.8, 4) is 0 Å². The topological polar surface area (TPSA) is 43.7 Å². The minimum atomic E-state index is -0.356. The molecule has 0 aromatic carbocycles. The Kier molecular flexibility index (Phi) is 4.65. The molecule has 0 unspecified atom stereocenters. The summed E-state index contributed by atoms with van der Waals surface area (Å²) in [6, 6.07) is 0. The van der Waals surface area contributed by atoms with Gasteiger partial charge in [-0.2, -0.15) is 0 Å². The van der Waals surface area contributed by atoms with Gasteiger partial charge < -0.3 is 15.1 Å². The summed E-state index contributed by atoms with van der Waals surface area (Å²) in [6.45, 7) is 5.67. The summed E-state index contributed by atoms with van der Waals surface area (Å²) >= 11 is 0. The quantitative estimate of drug-likeness (QED) is 0.593. The maximum absolute atomic E-state index is 8.94. The number of aliphatic hydroxyl groups excluding tert-OH is 2. The predicted molar refractivity (Wildman–Crippen MR) is 45.4 cm³/mol. The second-order valence-electron chi connectivity index (χ2n) is 3.46. The molecule has 0 saturated heterocycles. The van der Waals surface area contributed by atoms with Crippen LogP contribution in [0.1, 0.15) is 13.8 Å². The van der Waals surface area contributed by atoms with Gasteiger partial charge in [-0.25, -0.2) is 0 Å². The van der Waals surface area contributed by atoms with Crippen LogP contribution in [0.4, 0.5) is 0 Å². The fraction of sp³-hybridized carbons (Fsp3) is 1.00. The van der Waals surface area contributed by atoms with Crippen LogP contribution in [0.2, 0.25) is 0 Å². The summed E-state index contributed by atoms with van der Waals surface area (Å²) in [7, 11) is 1.98. The highest BCUT2D eigenvalue weighted by Gasteiger charge is 2.23. The fourth-order valence-corrected chi connectivity index (χ4v) is 0.913. The lowest BCUT2D eigenvalue weighted by Crippen LogP contribution is -2.38. The van der Waals surface area contributed by atoms with E-state index in [1.54, 1.807) is 0 Å². The van der Waals surface area contributed by atoms with Crippen LogP contribution in [-0.2, 0) is 0 Å². The first-order valence-electron chi connectivity index (χ1n) is 3.98. The molecule has 68 valence electrons. The molecule has 0 saturated carbocycles. The van der Waals surface area contributed by atoms with Crippen molar-refractivity contribution < 1.29 is 10.2 Å². The molecule has 0 heterocycles. The zero-order valence-corrected chi connectivity index (χ0v) is 7.67. The first-order chi connectivity index (χ1) is 5.08. The van der Waals surface area contributed by atoms with E-state index in [9.17, 15) is 0 Å². The van der Waals surface area contributed by atoms with Gasteiger partial charge in [0.05, 0.1) is 13.2 Å². The molecule has 0 bridgehead atoms.